The molecule has 1 aromatic heterocycles. The Morgan fingerprint density at radius 3 is 2.54 bits per heavy atom. The third-order valence-corrected chi connectivity index (χ3v) is 4.86. The van der Waals surface area contributed by atoms with E-state index in [0.29, 0.717) is 16.8 Å². The van der Waals surface area contributed by atoms with Crippen LogP contribution in [0.3, 0.4) is 0 Å². The van der Waals surface area contributed by atoms with Crippen LogP contribution in [-0.4, -0.2) is 10.9 Å². The van der Waals surface area contributed by atoms with Crippen LogP contribution < -0.4 is 5.32 Å². The van der Waals surface area contributed by atoms with Crippen molar-refractivity contribution in [3.05, 3.63) is 96.4 Å². The fourth-order valence-electron chi connectivity index (χ4n) is 3.25. The van der Waals surface area contributed by atoms with E-state index >= 15 is 0 Å². The molecular weight excluding hydrogens is 351 g/mol. The number of rotatable bonds is 4. The molecule has 3 nitrogen and oxygen atoms in total. The zero-order valence-electron chi connectivity index (χ0n) is 15.4. The number of pyridine rings is 1. The number of para-hydroxylation sites is 1. The average molecular weight is 370 g/mol. The van der Waals surface area contributed by atoms with E-state index in [1.807, 2.05) is 60.7 Å². The first-order valence-electron chi connectivity index (χ1n) is 9.13. The lowest BCUT2D eigenvalue weighted by molar-refractivity contribution is -0.117. The van der Waals surface area contributed by atoms with Crippen LogP contribution in [0.25, 0.3) is 22.0 Å². The minimum Gasteiger partial charge on any atom is -0.324 e. The predicted octanol–water partition coefficient (Wildman–Crippen LogP) is 5.78. The largest absolute Gasteiger partial charge is 0.324 e. The van der Waals surface area contributed by atoms with Gasteiger partial charge in [-0.1, -0.05) is 60.7 Å². The number of benzene rings is 3. The number of amides is 1. The minimum atomic E-state index is -0.502. The Kier molecular flexibility index (Phi) is 4.85. The maximum atomic E-state index is 14.7. The highest BCUT2D eigenvalue weighted by Gasteiger charge is 2.18. The summed E-state index contributed by atoms with van der Waals surface area (Å²) in [6.45, 7) is 1.77. The van der Waals surface area contributed by atoms with Gasteiger partial charge >= 0.3 is 0 Å². The maximum absolute atomic E-state index is 14.7. The Bertz CT molecular complexity index is 1140. The van der Waals surface area contributed by atoms with Crippen molar-refractivity contribution >= 4 is 22.5 Å². The fraction of sp³-hybridized carbons (Fsp3) is 0.0833. The molecule has 138 valence electrons. The van der Waals surface area contributed by atoms with Crippen LogP contribution in [0, 0.1) is 5.82 Å². The quantitative estimate of drug-likeness (QED) is 0.494. The summed E-state index contributed by atoms with van der Waals surface area (Å²) in [5, 5.41) is 3.88. The van der Waals surface area contributed by atoms with Crippen molar-refractivity contribution in [1.29, 1.82) is 0 Å². The summed E-state index contributed by atoms with van der Waals surface area (Å²) in [7, 11) is 0. The Morgan fingerprint density at radius 1 is 0.964 bits per heavy atom. The van der Waals surface area contributed by atoms with E-state index in [1.54, 1.807) is 25.3 Å². The molecule has 1 amide bonds. The second kappa shape index (κ2) is 7.61. The molecule has 4 rings (SSSR count). The smallest absolute Gasteiger partial charge is 0.231 e. The number of carbonyl (C=O) groups is 1. The first kappa shape index (κ1) is 17.9. The second-order valence-corrected chi connectivity index (χ2v) is 6.70. The van der Waals surface area contributed by atoms with Gasteiger partial charge in [-0.3, -0.25) is 9.78 Å². The summed E-state index contributed by atoms with van der Waals surface area (Å²) in [5.41, 5.74) is 3.34. The molecule has 0 radical (unpaired) electrons. The standard InChI is InChI=1S/C24H19FN2O/c1-16(19-12-13-20(21(25)15-19)17-7-3-2-4-8-17)24(28)27-22-11-5-9-18-10-6-14-26-23(18)22/h2-16H,1H3,(H,27,28). The van der Waals surface area contributed by atoms with Crippen molar-refractivity contribution < 1.29 is 9.18 Å². The van der Waals surface area contributed by atoms with Gasteiger partial charge in [-0.15, -0.1) is 0 Å². The second-order valence-electron chi connectivity index (χ2n) is 6.70. The highest BCUT2D eigenvalue weighted by atomic mass is 19.1. The molecule has 4 heteroatoms. The number of nitrogens with one attached hydrogen (secondary N) is 1. The van der Waals surface area contributed by atoms with E-state index in [2.05, 4.69) is 10.3 Å². The molecule has 28 heavy (non-hydrogen) atoms. The summed E-state index contributed by atoms with van der Waals surface area (Å²) >= 11 is 0. The maximum Gasteiger partial charge on any atom is 0.231 e. The highest BCUT2D eigenvalue weighted by Crippen LogP contribution is 2.28. The van der Waals surface area contributed by atoms with Crippen molar-refractivity contribution in [3.63, 3.8) is 0 Å². The lowest BCUT2D eigenvalue weighted by Gasteiger charge is -2.15. The SMILES string of the molecule is CC(C(=O)Nc1cccc2cccnc12)c1ccc(-c2ccccc2)c(F)c1. The van der Waals surface area contributed by atoms with Gasteiger partial charge < -0.3 is 5.32 Å². The van der Waals surface area contributed by atoms with E-state index < -0.39 is 5.92 Å². The van der Waals surface area contributed by atoms with E-state index in [9.17, 15) is 9.18 Å². The first-order chi connectivity index (χ1) is 13.6. The third-order valence-electron chi connectivity index (χ3n) is 4.86. The highest BCUT2D eigenvalue weighted by molar-refractivity contribution is 6.02. The van der Waals surface area contributed by atoms with E-state index in [1.165, 1.54) is 6.07 Å². The molecule has 0 saturated heterocycles. The molecule has 3 aromatic carbocycles. The lowest BCUT2D eigenvalue weighted by Crippen LogP contribution is -2.19. The molecule has 0 bridgehead atoms. The van der Waals surface area contributed by atoms with Crippen molar-refractivity contribution in [2.75, 3.05) is 5.32 Å². The van der Waals surface area contributed by atoms with Crippen LogP contribution in [0.4, 0.5) is 10.1 Å². The molecule has 0 aliphatic carbocycles. The molecule has 0 saturated carbocycles. The molecule has 0 aliphatic rings. The molecule has 0 fully saturated rings. The number of carbonyl (C=O) groups excluding carboxylic acids is 1. The average Bonchev–Trinajstić information content (AvgIpc) is 2.74. The summed E-state index contributed by atoms with van der Waals surface area (Å²) < 4.78 is 14.7. The zero-order chi connectivity index (χ0) is 19.5. The number of anilines is 1. The molecule has 1 N–H and O–H groups in total. The van der Waals surface area contributed by atoms with Crippen LogP contribution in [-0.2, 0) is 4.79 Å². The normalized spacial score (nSPS) is 11.9. The molecule has 0 aliphatic heterocycles. The van der Waals surface area contributed by atoms with Gasteiger partial charge in [0.1, 0.15) is 5.82 Å². The molecular formula is C24H19FN2O. The van der Waals surface area contributed by atoms with E-state index in [4.69, 9.17) is 0 Å². The monoisotopic (exact) mass is 370 g/mol. The topological polar surface area (TPSA) is 42.0 Å². The Morgan fingerprint density at radius 2 is 1.75 bits per heavy atom. The van der Waals surface area contributed by atoms with Crippen LogP contribution >= 0.6 is 0 Å². The van der Waals surface area contributed by atoms with Gasteiger partial charge in [0.05, 0.1) is 17.1 Å². The van der Waals surface area contributed by atoms with Gasteiger partial charge in [0.15, 0.2) is 0 Å². The van der Waals surface area contributed by atoms with Crippen LogP contribution in [0.15, 0.2) is 85.1 Å². The van der Waals surface area contributed by atoms with E-state index in [0.717, 1.165) is 16.5 Å². The molecule has 0 spiro atoms. The third kappa shape index (κ3) is 3.49. The number of nitrogens with zero attached hydrogens (tertiary/aromatic N) is 1. The van der Waals surface area contributed by atoms with Crippen molar-refractivity contribution in [3.8, 4) is 11.1 Å². The van der Waals surface area contributed by atoms with Crippen molar-refractivity contribution in [2.24, 2.45) is 0 Å². The van der Waals surface area contributed by atoms with Crippen LogP contribution in [0.1, 0.15) is 18.4 Å². The Balaban J connectivity index is 1.58. The predicted molar refractivity (Wildman–Crippen MR) is 111 cm³/mol. The van der Waals surface area contributed by atoms with Crippen LogP contribution in [0.5, 0.6) is 0 Å². The number of hydrogen-bond donors (Lipinski definition) is 1. The fourth-order valence-corrected chi connectivity index (χ4v) is 3.25. The summed E-state index contributed by atoms with van der Waals surface area (Å²) in [6.07, 6.45) is 1.69. The summed E-state index contributed by atoms with van der Waals surface area (Å²) in [5.74, 6) is -1.04. The molecule has 1 heterocycles. The van der Waals surface area contributed by atoms with Crippen molar-refractivity contribution in [2.45, 2.75) is 12.8 Å². The first-order valence-corrected chi connectivity index (χ1v) is 9.13. The van der Waals surface area contributed by atoms with Gasteiger partial charge in [-0.2, -0.15) is 0 Å². The van der Waals surface area contributed by atoms with Crippen molar-refractivity contribution in [1.82, 2.24) is 4.98 Å². The lowest BCUT2D eigenvalue weighted by atomic mass is 9.96. The van der Waals surface area contributed by atoms with Gasteiger partial charge in [0.25, 0.3) is 0 Å². The molecule has 4 aromatic rings. The number of aromatic nitrogens is 1. The zero-order valence-corrected chi connectivity index (χ0v) is 15.4. The van der Waals surface area contributed by atoms with E-state index in [-0.39, 0.29) is 11.7 Å². The van der Waals surface area contributed by atoms with Gasteiger partial charge in [0, 0.05) is 17.1 Å². The molecule has 1 unspecified atom stereocenters. The van der Waals surface area contributed by atoms with Gasteiger partial charge in [-0.25, -0.2) is 4.39 Å². The summed E-state index contributed by atoms with van der Waals surface area (Å²) in [6, 6.07) is 23.8. The van der Waals surface area contributed by atoms with Gasteiger partial charge in [-0.05, 0) is 36.2 Å². The van der Waals surface area contributed by atoms with Gasteiger partial charge in [0.2, 0.25) is 5.91 Å². The number of hydrogen-bond acceptors (Lipinski definition) is 2. The van der Waals surface area contributed by atoms with Crippen LogP contribution in [0.2, 0.25) is 0 Å². The minimum absolute atomic E-state index is 0.204. The summed E-state index contributed by atoms with van der Waals surface area (Å²) in [4.78, 5) is 17.1. The Labute approximate surface area is 162 Å². The Hall–Kier alpha value is -3.53. The molecule has 1 atom stereocenters. The number of fused-ring (bicyclic) bond motifs is 1. The number of halogens is 1.